The Labute approximate surface area is 201 Å². The first-order valence-electron chi connectivity index (χ1n) is 9.60. The van der Waals surface area contributed by atoms with Gasteiger partial charge in [0.25, 0.3) is 5.91 Å². The molecule has 0 spiro atoms. The van der Waals surface area contributed by atoms with Crippen molar-refractivity contribution in [3.63, 3.8) is 0 Å². The summed E-state index contributed by atoms with van der Waals surface area (Å²) in [5.74, 6) is -0.823. The molecule has 0 bridgehead atoms. The maximum absolute atomic E-state index is 12.5. The van der Waals surface area contributed by atoms with E-state index in [0.717, 1.165) is 10.6 Å². The Morgan fingerprint density at radius 2 is 1.55 bits per heavy atom. The number of methoxy groups -OCH3 is 1. The van der Waals surface area contributed by atoms with Crippen LogP contribution in [0.4, 0.5) is 11.4 Å². The van der Waals surface area contributed by atoms with Gasteiger partial charge in [-0.25, -0.2) is 13.2 Å². The van der Waals surface area contributed by atoms with Crippen LogP contribution in [0.15, 0.2) is 66.7 Å². The molecule has 1 N–H and O–H groups in total. The monoisotopic (exact) mass is 506 g/mol. The summed E-state index contributed by atoms with van der Waals surface area (Å²) in [4.78, 5) is 24.0. The summed E-state index contributed by atoms with van der Waals surface area (Å²) in [6, 6.07) is 17.5. The van der Waals surface area contributed by atoms with Crippen LogP contribution in [0, 0.1) is 0 Å². The van der Waals surface area contributed by atoms with Crippen molar-refractivity contribution < 1.29 is 22.7 Å². The second kappa shape index (κ2) is 10.2. The van der Waals surface area contributed by atoms with Crippen molar-refractivity contribution in [2.75, 3.05) is 23.0 Å². The molecule has 0 saturated carbocycles. The average Bonchev–Trinajstić information content (AvgIpc) is 2.79. The third-order valence-electron chi connectivity index (χ3n) is 4.71. The highest BCUT2D eigenvalue weighted by molar-refractivity contribution is 7.92. The minimum Gasteiger partial charge on any atom is -0.465 e. The molecule has 0 aliphatic heterocycles. The zero-order valence-corrected chi connectivity index (χ0v) is 20.0. The lowest BCUT2D eigenvalue weighted by Gasteiger charge is -2.24. The van der Waals surface area contributed by atoms with Crippen LogP contribution in [0.3, 0.4) is 0 Å². The number of halogens is 2. The number of ether oxygens (including phenoxy) is 1. The number of anilines is 2. The van der Waals surface area contributed by atoms with Crippen molar-refractivity contribution in [2.24, 2.45) is 0 Å². The Morgan fingerprint density at radius 3 is 2.12 bits per heavy atom. The van der Waals surface area contributed by atoms with Crippen molar-refractivity contribution in [2.45, 2.75) is 6.54 Å². The topological polar surface area (TPSA) is 92.8 Å². The largest absolute Gasteiger partial charge is 0.465 e. The lowest BCUT2D eigenvalue weighted by atomic mass is 10.1. The van der Waals surface area contributed by atoms with Crippen LogP contribution in [0.2, 0.25) is 10.0 Å². The number of nitrogens with zero attached hydrogens (tertiary/aromatic N) is 1. The van der Waals surface area contributed by atoms with Crippen molar-refractivity contribution in [3.8, 4) is 0 Å². The highest BCUT2D eigenvalue weighted by Crippen LogP contribution is 2.34. The number of esters is 1. The summed E-state index contributed by atoms with van der Waals surface area (Å²) < 4.78 is 30.6. The van der Waals surface area contributed by atoms with Crippen LogP contribution in [0.1, 0.15) is 26.3 Å². The molecule has 1 amide bonds. The molecule has 0 atom stereocenters. The highest BCUT2D eigenvalue weighted by atomic mass is 35.5. The molecule has 3 aromatic carbocycles. The number of benzene rings is 3. The molecule has 0 aromatic heterocycles. The molecule has 0 heterocycles. The van der Waals surface area contributed by atoms with Crippen molar-refractivity contribution in [1.29, 1.82) is 0 Å². The van der Waals surface area contributed by atoms with Crippen LogP contribution >= 0.6 is 23.2 Å². The lowest BCUT2D eigenvalue weighted by molar-refractivity contribution is 0.0600. The number of hydrogen-bond donors (Lipinski definition) is 1. The number of amides is 1. The first-order valence-corrected chi connectivity index (χ1v) is 12.2. The Bertz CT molecular complexity index is 1280. The molecule has 3 aromatic rings. The number of rotatable bonds is 7. The van der Waals surface area contributed by atoms with E-state index in [9.17, 15) is 18.0 Å². The van der Waals surface area contributed by atoms with Gasteiger partial charge in [0.2, 0.25) is 10.0 Å². The van der Waals surface area contributed by atoms with Crippen LogP contribution in [-0.4, -0.2) is 33.7 Å². The number of nitrogens with one attached hydrogen (secondary N) is 1. The number of hydrogen-bond acceptors (Lipinski definition) is 5. The van der Waals surface area contributed by atoms with E-state index in [1.165, 1.54) is 7.11 Å². The van der Waals surface area contributed by atoms with Crippen molar-refractivity contribution in [3.05, 3.63) is 93.5 Å². The Balaban J connectivity index is 1.75. The zero-order chi connectivity index (χ0) is 24.2. The van der Waals surface area contributed by atoms with Crippen LogP contribution in [0.25, 0.3) is 0 Å². The third kappa shape index (κ3) is 6.04. The van der Waals surface area contributed by atoms with Gasteiger partial charge in [0.1, 0.15) is 0 Å². The average molecular weight is 507 g/mol. The molecular formula is C23H20Cl2N2O5S. The molecule has 0 radical (unpaired) electrons. The van der Waals surface area contributed by atoms with Crippen LogP contribution in [-0.2, 0) is 21.3 Å². The minimum atomic E-state index is -3.66. The molecule has 0 aliphatic rings. The Hall–Kier alpha value is -3.07. The molecule has 0 fully saturated rings. The lowest BCUT2D eigenvalue weighted by Crippen LogP contribution is -2.29. The van der Waals surface area contributed by atoms with Gasteiger partial charge < -0.3 is 10.1 Å². The third-order valence-corrected chi connectivity index (χ3v) is 6.64. The van der Waals surface area contributed by atoms with E-state index in [1.54, 1.807) is 66.7 Å². The molecule has 3 rings (SSSR count). The van der Waals surface area contributed by atoms with Crippen LogP contribution < -0.4 is 9.62 Å². The van der Waals surface area contributed by atoms with Crippen LogP contribution in [0.5, 0.6) is 0 Å². The van der Waals surface area contributed by atoms with E-state index < -0.39 is 16.0 Å². The molecule has 0 saturated heterocycles. The second-order valence-electron chi connectivity index (χ2n) is 7.06. The molecule has 0 unspecified atom stereocenters. The van der Waals surface area contributed by atoms with Gasteiger partial charge in [-0.15, -0.1) is 0 Å². The molecular weight excluding hydrogens is 487 g/mol. The standard InChI is InChI=1S/C23H20Cl2N2O5S/c1-32-23(29)17-10-12-18(13-11-17)26-22(28)16-8-6-15(7-9-16)14-27(33(2,30)31)20-5-3-4-19(24)21(20)25/h3-13H,14H2,1-2H3,(H,26,28). The van der Waals surface area contributed by atoms with Crippen molar-refractivity contribution >= 4 is 56.5 Å². The number of sulfonamides is 1. The van der Waals surface area contributed by atoms with E-state index in [0.29, 0.717) is 22.4 Å². The highest BCUT2D eigenvalue weighted by Gasteiger charge is 2.21. The molecule has 10 heteroatoms. The van der Waals surface area contributed by atoms with Gasteiger partial charge in [0.15, 0.2) is 0 Å². The maximum atomic E-state index is 12.5. The van der Waals surface area contributed by atoms with E-state index in [4.69, 9.17) is 23.2 Å². The summed E-state index contributed by atoms with van der Waals surface area (Å²) in [6.07, 6.45) is 1.08. The SMILES string of the molecule is COC(=O)c1ccc(NC(=O)c2ccc(CN(c3cccc(Cl)c3Cl)S(C)(=O)=O)cc2)cc1. The predicted molar refractivity (Wildman–Crippen MR) is 130 cm³/mol. The van der Waals surface area contributed by atoms with Gasteiger partial charge in [0.05, 0.1) is 41.2 Å². The first kappa shape index (κ1) is 24.6. The van der Waals surface area contributed by atoms with Gasteiger partial charge in [-0.1, -0.05) is 41.4 Å². The fourth-order valence-electron chi connectivity index (χ4n) is 3.00. The first-order chi connectivity index (χ1) is 15.6. The second-order valence-corrected chi connectivity index (χ2v) is 9.75. The normalized spacial score (nSPS) is 11.0. The van der Waals surface area contributed by atoms with Gasteiger partial charge >= 0.3 is 5.97 Å². The molecule has 0 aliphatic carbocycles. The summed E-state index contributed by atoms with van der Waals surface area (Å²) >= 11 is 12.3. The van der Waals surface area contributed by atoms with Gasteiger partial charge in [-0.2, -0.15) is 0 Å². The van der Waals surface area contributed by atoms with E-state index in [2.05, 4.69) is 10.1 Å². The minimum absolute atomic E-state index is 0.00971. The zero-order valence-electron chi connectivity index (χ0n) is 17.7. The number of carbonyl (C=O) groups is 2. The summed E-state index contributed by atoms with van der Waals surface area (Å²) in [7, 11) is -2.36. The van der Waals surface area contributed by atoms with Gasteiger partial charge in [0, 0.05) is 11.3 Å². The van der Waals surface area contributed by atoms with Gasteiger partial charge in [-0.3, -0.25) is 9.10 Å². The summed E-state index contributed by atoms with van der Waals surface area (Å²) in [6.45, 7) is 0.00971. The summed E-state index contributed by atoms with van der Waals surface area (Å²) in [5.41, 5.74) is 2.17. The Morgan fingerprint density at radius 1 is 0.939 bits per heavy atom. The molecule has 33 heavy (non-hydrogen) atoms. The predicted octanol–water partition coefficient (Wildman–Crippen LogP) is 5.00. The Kier molecular flexibility index (Phi) is 7.63. The smallest absolute Gasteiger partial charge is 0.337 e. The van der Waals surface area contributed by atoms with E-state index in [1.807, 2.05) is 0 Å². The fraction of sp³-hybridized carbons (Fsp3) is 0.130. The van der Waals surface area contributed by atoms with Gasteiger partial charge in [-0.05, 0) is 54.1 Å². The van der Waals surface area contributed by atoms with Crippen molar-refractivity contribution in [1.82, 2.24) is 0 Å². The maximum Gasteiger partial charge on any atom is 0.337 e. The summed E-state index contributed by atoms with van der Waals surface area (Å²) in [5, 5.41) is 3.12. The molecule has 7 nitrogen and oxygen atoms in total. The van der Waals surface area contributed by atoms with E-state index in [-0.39, 0.29) is 28.2 Å². The quantitative estimate of drug-likeness (QED) is 0.455. The number of carbonyl (C=O) groups excluding carboxylic acids is 2. The molecule has 172 valence electrons. The van der Waals surface area contributed by atoms with E-state index >= 15 is 0 Å². The fourth-order valence-corrected chi connectivity index (χ4v) is 4.34.